The Labute approximate surface area is 159 Å². The topological polar surface area (TPSA) is 45.2 Å². The molecule has 1 unspecified atom stereocenters. The highest BCUT2D eigenvalue weighted by Gasteiger charge is 2.24. The Balaban J connectivity index is 1.55. The molecule has 0 aliphatic carbocycles. The smallest absolute Gasteiger partial charge is 0.276 e. The fraction of sp³-hybridized carbons (Fsp3) is 0.217. The molecule has 3 aromatic rings. The molecular weight excluding hydrogens is 334 g/mol. The first-order valence-corrected chi connectivity index (χ1v) is 9.40. The number of carbonyl (C=O) groups is 1. The van der Waals surface area contributed by atoms with Gasteiger partial charge in [0.25, 0.3) is 5.91 Å². The van der Waals surface area contributed by atoms with E-state index in [0.29, 0.717) is 5.69 Å². The van der Waals surface area contributed by atoms with Gasteiger partial charge in [-0.2, -0.15) is 0 Å². The van der Waals surface area contributed by atoms with Crippen molar-refractivity contribution in [2.45, 2.75) is 25.8 Å². The van der Waals surface area contributed by atoms with Crippen molar-refractivity contribution in [3.05, 3.63) is 89.7 Å². The number of fused-ring (bicyclic) bond motifs is 1. The van der Waals surface area contributed by atoms with E-state index < -0.39 is 0 Å². The van der Waals surface area contributed by atoms with Gasteiger partial charge in [-0.3, -0.25) is 9.78 Å². The fourth-order valence-electron chi connectivity index (χ4n) is 3.60. The number of benzene rings is 2. The monoisotopic (exact) mass is 357 g/mol. The number of anilines is 2. The Morgan fingerprint density at radius 2 is 1.85 bits per heavy atom. The van der Waals surface area contributed by atoms with Crippen molar-refractivity contribution in [1.29, 1.82) is 0 Å². The average Bonchev–Trinajstić information content (AvgIpc) is 2.73. The predicted molar refractivity (Wildman–Crippen MR) is 109 cm³/mol. The zero-order valence-corrected chi connectivity index (χ0v) is 15.4. The molecule has 2 aromatic carbocycles. The molecule has 0 fully saturated rings. The van der Waals surface area contributed by atoms with Crippen LogP contribution < -0.4 is 10.2 Å². The van der Waals surface area contributed by atoms with Crippen LogP contribution in [0.4, 0.5) is 11.4 Å². The summed E-state index contributed by atoms with van der Waals surface area (Å²) in [5.74, 6) is -0.0434. The first-order valence-electron chi connectivity index (χ1n) is 9.40. The Bertz CT molecular complexity index is 939. The van der Waals surface area contributed by atoms with Gasteiger partial charge in [-0.25, -0.2) is 0 Å². The normalized spacial score (nSPS) is 14.3. The standard InChI is InChI=1S/C23H23N3O/c1-17(18-8-3-2-4-9-18)25-20-13-14-24-21(16-20)23(27)26-15-7-11-19-10-5-6-12-22(19)26/h2-6,8-10,12-14,16-17H,7,11,15H2,1H3,(H,24,25). The van der Waals surface area contributed by atoms with Gasteiger partial charge in [-0.15, -0.1) is 0 Å². The van der Waals surface area contributed by atoms with E-state index >= 15 is 0 Å². The summed E-state index contributed by atoms with van der Waals surface area (Å²) in [7, 11) is 0. The number of rotatable bonds is 4. The second-order valence-electron chi connectivity index (χ2n) is 6.90. The number of amides is 1. The molecule has 136 valence electrons. The van der Waals surface area contributed by atoms with Crippen molar-refractivity contribution in [2.24, 2.45) is 0 Å². The zero-order chi connectivity index (χ0) is 18.6. The van der Waals surface area contributed by atoms with E-state index in [9.17, 15) is 4.79 Å². The molecule has 27 heavy (non-hydrogen) atoms. The molecule has 4 rings (SSSR count). The van der Waals surface area contributed by atoms with E-state index in [2.05, 4.69) is 35.4 Å². The van der Waals surface area contributed by atoms with Gasteiger partial charge in [0.05, 0.1) is 0 Å². The maximum Gasteiger partial charge on any atom is 0.276 e. The highest BCUT2D eigenvalue weighted by atomic mass is 16.2. The van der Waals surface area contributed by atoms with E-state index in [-0.39, 0.29) is 11.9 Å². The van der Waals surface area contributed by atoms with Gasteiger partial charge < -0.3 is 10.2 Å². The first-order chi connectivity index (χ1) is 13.2. The van der Waals surface area contributed by atoms with Gasteiger partial charge in [-0.05, 0) is 49.1 Å². The van der Waals surface area contributed by atoms with Crippen molar-refractivity contribution in [2.75, 3.05) is 16.8 Å². The van der Waals surface area contributed by atoms with Crippen LogP contribution in [-0.2, 0) is 6.42 Å². The second-order valence-corrected chi connectivity index (χ2v) is 6.90. The lowest BCUT2D eigenvalue weighted by atomic mass is 10.0. The summed E-state index contributed by atoms with van der Waals surface area (Å²) in [4.78, 5) is 19.3. The summed E-state index contributed by atoms with van der Waals surface area (Å²) >= 11 is 0. The predicted octanol–water partition coefficient (Wildman–Crippen LogP) is 4.85. The Morgan fingerprint density at radius 3 is 2.70 bits per heavy atom. The highest BCUT2D eigenvalue weighted by molar-refractivity contribution is 6.05. The van der Waals surface area contributed by atoms with Crippen molar-refractivity contribution in [3.63, 3.8) is 0 Å². The SMILES string of the molecule is CC(Nc1ccnc(C(=O)N2CCCc3ccccc32)c1)c1ccccc1. The third kappa shape index (κ3) is 3.70. The number of para-hydroxylation sites is 1. The lowest BCUT2D eigenvalue weighted by Crippen LogP contribution is -2.35. The molecule has 0 bridgehead atoms. The summed E-state index contributed by atoms with van der Waals surface area (Å²) in [5.41, 5.74) is 4.80. The largest absolute Gasteiger partial charge is 0.378 e. The third-order valence-corrected chi connectivity index (χ3v) is 5.02. The summed E-state index contributed by atoms with van der Waals surface area (Å²) in [5, 5.41) is 3.46. The number of hydrogen-bond donors (Lipinski definition) is 1. The van der Waals surface area contributed by atoms with Crippen LogP contribution in [0.15, 0.2) is 72.9 Å². The molecule has 4 nitrogen and oxygen atoms in total. The summed E-state index contributed by atoms with van der Waals surface area (Å²) in [6.45, 7) is 2.84. The number of pyridine rings is 1. The fourth-order valence-corrected chi connectivity index (χ4v) is 3.60. The van der Waals surface area contributed by atoms with E-state index in [1.54, 1.807) is 6.20 Å². The van der Waals surface area contributed by atoms with E-state index in [4.69, 9.17) is 0 Å². The molecule has 0 radical (unpaired) electrons. The molecule has 4 heteroatoms. The van der Waals surface area contributed by atoms with Gasteiger partial charge >= 0.3 is 0 Å². The van der Waals surface area contributed by atoms with Gasteiger partial charge in [0.1, 0.15) is 5.69 Å². The van der Waals surface area contributed by atoms with Gasteiger partial charge in [0.2, 0.25) is 0 Å². The van der Waals surface area contributed by atoms with Crippen LogP contribution >= 0.6 is 0 Å². The third-order valence-electron chi connectivity index (χ3n) is 5.02. The molecule has 0 spiro atoms. The van der Waals surface area contributed by atoms with Crippen molar-refractivity contribution in [1.82, 2.24) is 4.98 Å². The minimum Gasteiger partial charge on any atom is -0.378 e. The maximum atomic E-state index is 13.1. The molecule has 1 aliphatic heterocycles. The lowest BCUT2D eigenvalue weighted by Gasteiger charge is -2.29. The second kappa shape index (κ2) is 7.62. The minimum atomic E-state index is -0.0434. The van der Waals surface area contributed by atoms with Crippen LogP contribution in [0.5, 0.6) is 0 Å². The number of carbonyl (C=O) groups excluding carboxylic acids is 1. The van der Waals surface area contributed by atoms with Gasteiger partial charge in [0.15, 0.2) is 0 Å². The number of nitrogens with one attached hydrogen (secondary N) is 1. The van der Waals surface area contributed by atoms with Crippen LogP contribution in [0, 0.1) is 0 Å². The minimum absolute atomic E-state index is 0.0434. The lowest BCUT2D eigenvalue weighted by molar-refractivity contribution is 0.0980. The van der Waals surface area contributed by atoms with E-state index in [1.165, 1.54) is 11.1 Å². The molecular formula is C23H23N3O. The van der Waals surface area contributed by atoms with Crippen LogP contribution in [-0.4, -0.2) is 17.4 Å². The van der Waals surface area contributed by atoms with Crippen molar-refractivity contribution in [3.8, 4) is 0 Å². The Morgan fingerprint density at radius 1 is 1.07 bits per heavy atom. The Kier molecular flexibility index (Phi) is 4.88. The van der Waals surface area contributed by atoms with E-state index in [0.717, 1.165) is 30.8 Å². The molecule has 1 aliphatic rings. The average molecular weight is 357 g/mol. The van der Waals surface area contributed by atoms with Crippen LogP contribution in [0.1, 0.15) is 41.0 Å². The van der Waals surface area contributed by atoms with Gasteiger partial charge in [0, 0.05) is 30.2 Å². The summed E-state index contributed by atoms with van der Waals surface area (Å²) < 4.78 is 0. The molecule has 0 saturated carbocycles. The zero-order valence-electron chi connectivity index (χ0n) is 15.4. The first kappa shape index (κ1) is 17.3. The van der Waals surface area contributed by atoms with Crippen molar-refractivity contribution >= 4 is 17.3 Å². The molecule has 0 saturated heterocycles. The van der Waals surface area contributed by atoms with E-state index in [1.807, 2.05) is 53.4 Å². The number of aryl methyl sites for hydroxylation is 1. The molecule has 1 aromatic heterocycles. The summed E-state index contributed by atoms with van der Waals surface area (Å²) in [6, 6.07) is 22.3. The Hall–Kier alpha value is -3.14. The van der Waals surface area contributed by atoms with Gasteiger partial charge in [-0.1, -0.05) is 48.5 Å². The maximum absolute atomic E-state index is 13.1. The number of aromatic nitrogens is 1. The molecule has 1 N–H and O–H groups in total. The summed E-state index contributed by atoms with van der Waals surface area (Å²) in [6.07, 6.45) is 3.69. The van der Waals surface area contributed by atoms with Crippen LogP contribution in [0.3, 0.4) is 0 Å². The van der Waals surface area contributed by atoms with Crippen LogP contribution in [0.25, 0.3) is 0 Å². The number of nitrogens with zero attached hydrogens (tertiary/aromatic N) is 2. The highest BCUT2D eigenvalue weighted by Crippen LogP contribution is 2.28. The quantitative estimate of drug-likeness (QED) is 0.726. The van der Waals surface area contributed by atoms with Crippen LogP contribution in [0.2, 0.25) is 0 Å². The molecule has 1 atom stereocenters. The van der Waals surface area contributed by atoms with Crippen molar-refractivity contribution < 1.29 is 4.79 Å². The number of hydrogen-bond acceptors (Lipinski definition) is 3. The molecule has 2 heterocycles. The molecule has 1 amide bonds.